The van der Waals surface area contributed by atoms with Crippen LogP contribution in [-0.4, -0.2) is 69.9 Å². The van der Waals surface area contributed by atoms with Crippen LogP contribution in [0.25, 0.3) is 0 Å². The first-order valence-electron chi connectivity index (χ1n) is 13.0. The molecule has 1 aromatic heterocycles. The number of fused-ring (bicyclic) bond motifs is 3. The minimum Gasteiger partial charge on any atom is -0.460 e. The van der Waals surface area contributed by atoms with Crippen LogP contribution in [0.15, 0.2) is 46.6 Å². The molecule has 0 saturated carbocycles. The number of aliphatic hydroxyl groups excluding tert-OH is 1. The topological polar surface area (TPSA) is 139 Å². The quantitative estimate of drug-likeness (QED) is 0.531. The Morgan fingerprint density at radius 2 is 1.95 bits per heavy atom. The Morgan fingerprint density at radius 3 is 2.68 bits per heavy atom. The van der Waals surface area contributed by atoms with E-state index in [1.54, 1.807) is 31.2 Å². The van der Waals surface area contributed by atoms with E-state index in [0.717, 1.165) is 5.57 Å². The standard InChI is InChI=1S/C28H37N3O7/c1-17(2)26-19(4)9-10-24(34)29-11-5-7-18(3)13-20(32)14-21(33)15-25-30-22(16-37-25)27(35)31-12-6-8-23(31)28(36)38-26/h5,7,9-10,13,16-17,19-20,23,26,32H,6,8,11-12,14-15H2,1-4H3,(H,29,34)/b7-5-,10-9-,18-13-. The molecule has 206 valence electrons. The molecule has 0 aliphatic carbocycles. The van der Waals surface area contributed by atoms with Crippen molar-refractivity contribution in [2.75, 3.05) is 13.1 Å². The number of hydrogen-bond donors (Lipinski definition) is 2. The summed E-state index contributed by atoms with van der Waals surface area (Å²) in [6.07, 6.45) is 8.62. The summed E-state index contributed by atoms with van der Waals surface area (Å²) in [5.41, 5.74) is 0.739. The predicted octanol–water partition coefficient (Wildman–Crippen LogP) is 2.53. The Kier molecular flexibility index (Phi) is 10.2. The average Bonchev–Trinajstić information content (AvgIpc) is 3.52. The van der Waals surface area contributed by atoms with Gasteiger partial charge < -0.3 is 24.5 Å². The van der Waals surface area contributed by atoms with Crippen LogP contribution in [0.5, 0.6) is 0 Å². The lowest BCUT2D eigenvalue weighted by Crippen LogP contribution is -2.44. The summed E-state index contributed by atoms with van der Waals surface area (Å²) in [6.45, 7) is 8.16. The van der Waals surface area contributed by atoms with Gasteiger partial charge in [-0.25, -0.2) is 9.78 Å². The van der Waals surface area contributed by atoms with Crippen LogP contribution in [0, 0.1) is 11.8 Å². The molecule has 0 aromatic carbocycles. The molecule has 3 heterocycles. The van der Waals surface area contributed by atoms with Crippen molar-refractivity contribution >= 4 is 23.6 Å². The minimum absolute atomic E-state index is 0.00930. The first kappa shape index (κ1) is 29.0. The van der Waals surface area contributed by atoms with E-state index in [9.17, 15) is 24.3 Å². The number of ketones is 1. The fraction of sp³-hybridized carbons (Fsp3) is 0.536. The second kappa shape index (κ2) is 13.3. The molecule has 38 heavy (non-hydrogen) atoms. The van der Waals surface area contributed by atoms with E-state index in [2.05, 4.69) is 10.3 Å². The van der Waals surface area contributed by atoms with Crippen molar-refractivity contribution in [2.24, 2.45) is 11.8 Å². The molecule has 4 unspecified atom stereocenters. The molecule has 4 atom stereocenters. The fourth-order valence-electron chi connectivity index (χ4n) is 4.66. The van der Waals surface area contributed by atoms with Crippen LogP contribution in [0.1, 0.15) is 63.3 Å². The minimum atomic E-state index is -1.01. The predicted molar refractivity (Wildman–Crippen MR) is 139 cm³/mol. The molecule has 2 bridgehead atoms. The Labute approximate surface area is 222 Å². The Balaban J connectivity index is 1.85. The Hall–Kier alpha value is -3.53. The zero-order valence-electron chi connectivity index (χ0n) is 22.4. The summed E-state index contributed by atoms with van der Waals surface area (Å²) < 4.78 is 11.2. The number of carbonyl (C=O) groups excluding carboxylic acids is 4. The average molecular weight is 528 g/mol. The molecular formula is C28H37N3O7. The molecule has 10 heteroatoms. The molecule has 2 aliphatic heterocycles. The van der Waals surface area contributed by atoms with Crippen LogP contribution in [-0.2, 0) is 25.5 Å². The number of aliphatic hydroxyl groups is 1. The summed E-state index contributed by atoms with van der Waals surface area (Å²) in [6, 6.07) is -0.761. The van der Waals surface area contributed by atoms with E-state index in [1.807, 2.05) is 20.8 Å². The van der Waals surface area contributed by atoms with E-state index in [1.165, 1.54) is 17.2 Å². The largest absolute Gasteiger partial charge is 0.460 e. The second-order valence-electron chi connectivity index (χ2n) is 10.2. The first-order valence-corrected chi connectivity index (χ1v) is 13.0. The summed E-state index contributed by atoms with van der Waals surface area (Å²) in [7, 11) is 0. The van der Waals surface area contributed by atoms with Crippen molar-refractivity contribution in [1.29, 1.82) is 0 Å². The first-order chi connectivity index (χ1) is 18.0. The molecule has 10 nitrogen and oxygen atoms in total. The van der Waals surface area contributed by atoms with Crippen LogP contribution >= 0.6 is 0 Å². The SMILES string of the molecule is CC1=C/C(O)CC(=O)Cc2nc(co2)C(=O)N2CCCC2C(=O)OC(C(C)C)C(C)/C=C\C(=O)NC/C=C\1. The molecule has 1 fully saturated rings. The van der Waals surface area contributed by atoms with Gasteiger partial charge in [-0.1, -0.05) is 50.6 Å². The van der Waals surface area contributed by atoms with E-state index in [0.29, 0.717) is 19.4 Å². The molecule has 0 radical (unpaired) electrons. The van der Waals surface area contributed by atoms with E-state index >= 15 is 0 Å². The van der Waals surface area contributed by atoms with Crippen LogP contribution in [0.3, 0.4) is 0 Å². The lowest BCUT2D eigenvalue weighted by Gasteiger charge is -2.29. The summed E-state index contributed by atoms with van der Waals surface area (Å²) in [4.78, 5) is 56.6. The number of nitrogens with zero attached hydrogens (tertiary/aromatic N) is 2. The molecule has 1 saturated heterocycles. The summed E-state index contributed by atoms with van der Waals surface area (Å²) >= 11 is 0. The number of Topliss-reactive ketones (excluding diaryl/α,β-unsaturated/α-hetero) is 1. The molecule has 1 aromatic rings. The smallest absolute Gasteiger partial charge is 0.329 e. The van der Waals surface area contributed by atoms with Gasteiger partial charge in [-0.05, 0) is 31.8 Å². The number of rotatable bonds is 1. The molecule has 2 amide bonds. The van der Waals surface area contributed by atoms with Crippen molar-refractivity contribution in [2.45, 2.75) is 71.6 Å². The van der Waals surface area contributed by atoms with Gasteiger partial charge in [-0.15, -0.1) is 0 Å². The normalized spacial score (nSPS) is 29.7. The number of allylic oxidation sites excluding steroid dienone is 2. The van der Waals surface area contributed by atoms with Gasteiger partial charge in [0, 0.05) is 25.4 Å². The number of amides is 2. The zero-order valence-corrected chi connectivity index (χ0v) is 22.4. The Bertz CT molecular complexity index is 1120. The van der Waals surface area contributed by atoms with Gasteiger partial charge in [0.2, 0.25) is 11.8 Å². The van der Waals surface area contributed by atoms with Gasteiger partial charge in [-0.2, -0.15) is 0 Å². The maximum Gasteiger partial charge on any atom is 0.329 e. The number of hydrogen-bond acceptors (Lipinski definition) is 8. The zero-order chi connectivity index (χ0) is 27.8. The van der Waals surface area contributed by atoms with Gasteiger partial charge in [0.1, 0.15) is 24.2 Å². The van der Waals surface area contributed by atoms with Crippen molar-refractivity contribution in [3.8, 4) is 0 Å². The highest BCUT2D eigenvalue weighted by molar-refractivity contribution is 5.95. The highest BCUT2D eigenvalue weighted by Gasteiger charge is 2.38. The van der Waals surface area contributed by atoms with Gasteiger partial charge >= 0.3 is 5.97 Å². The summed E-state index contributed by atoms with van der Waals surface area (Å²) in [5, 5.41) is 13.0. The third-order valence-corrected chi connectivity index (χ3v) is 6.55. The van der Waals surface area contributed by atoms with Gasteiger partial charge in [0.25, 0.3) is 5.91 Å². The number of nitrogens with one attached hydrogen (secondary N) is 1. The van der Waals surface area contributed by atoms with Crippen molar-refractivity contribution in [3.05, 3.63) is 53.8 Å². The number of aromatic nitrogens is 1. The molecule has 2 N–H and O–H groups in total. The lowest BCUT2D eigenvalue weighted by atomic mass is 9.94. The van der Waals surface area contributed by atoms with E-state index in [4.69, 9.17) is 9.15 Å². The van der Waals surface area contributed by atoms with Gasteiger partial charge in [-0.3, -0.25) is 14.4 Å². The van der Waals surface area contributed by atoms with E-state index in [-0.39, 0.29) is 54.5 Å². The third kappa shape index (κ3) is 7.98. The maximum absolute atomic E-state index is 13.2. The highest BCUT2D eigenvalue weighted by Crippen LogP contribution is 2.25. The number of esters is 1. The fourth-order valence-corrected chi connectivity index (χ4v) is 4.66. The number of carbonyl (C=O) groups is 4. The van der Waals surface area contributed by atoms with Crippen molar-refractivity contribution in [1.82, 2.24) is 15.2 Å². The molecular weight excluding hydrogens is 490 g/mol. The van der Waals surface area contributed by atoms with Crippen LogP contribution < -0.4 is 5.32 Å². The molecule has 0 spiro atoms. The summed E-state index contributed by atoms with van der Waals surface area (Å²) in [5.74, 6) is -1.76. The van der Waals surface area contributed by atoms with Crippen LogP contribution in [0.4, 0.5) is 0 Å². The van der Waals surface area contributed by atoms with Gasteiger partial charge in [0.15, 0.2) is 5.69 Å². The maximum atomic E-state index is 13.2. The second-order valence-corrected chi connectivity index (χ2v) is 10.2. The van der Waals surface area contributed by atoms with Crippen LogP contribution in [0.2, 0.25) is 0 Å². The number of cyclic esters (lactones) is 1. The van der Waals surface area contributed by atoms with Gasteiger partial charge in [0.05, 0.1) is 12.5 Å². The van der Waals surface area contributed by atoms with Crippen molar-refractivity contribution < 1.29 is 33.4 Å². The van der Waals surface area contributed by atoms with E-state index < -0.39 is 30.1 Å². The monoisotopic (exact) mass is 527 g/mol. The molecule has 2 aliphatic rings. The lowest BCUT2D eigenvalue weighted by molar-refractivity contribution is -0.158. The Morgan fingerprint density at radius 1 is 1.18 bits per heavy atom. The third-order valence-electron chi connectivity index (χ3n) is 6.55. The molecule has 3 rings (SSSR count). The van der Waals surface area contributed by atoms with Crippen molar-refractivity contribution in [3.63, 3.8) is 0 Å². The highest BCUT2D eigenvalue weighted by atomic mass is 16.5. The number of oxazole rings is 1. The number of ether oxygens (including phenoxy) is 1.